The van der Waals surface area contributed by atoms with E-state index in [1.54, 1.807) is 24.3 Å². The van der Waals surface area contributed by atoms with Crippen LogP contribution < -0.4 is 9.62 Å². The Labute approximate surface area is 244 Å². The lowest BCUT2D eigenvalue weighted by Crippen LogP contribution is -2.53. The SMILES string of the molecule is CCCCNC(=O)[C@H](Cc1ccccc1)N(Cc1cccc(Br)c1)C(=O)CN(c1ccc(Cl)cc1)S(C)(=O)=O. The Morgan fingerprint density at radius 3 is 2.26 bits per heavy atom. The number of carbonyl (C=O) groups is 2. The fourth-order valence-corrected chi connectivity index (χ4v) is 5.54. The van der Waals surface area contributed by atoms with Gasteiger partial charge in [0.15, 0.2) is 0 Å². The number of hydrogen-bond acceptors (Lipinski definition) is 4. The Bertz CT molecular complexity index is 1350. The van der Waals surface area contributed by atoms with Gasteiger partial charge in [0.05, 0.1) is 11.9 Å². The van der Waals surface area contributed by atoms with Crippen LogP contribution in [0.1, 0.15) is 30.9 Å². The first-order valence-corrected chi connectivity index (χ1v) is 15.7. The van der Waals surface area contributed by atoms with Crippen molar-refractivity contribution in [2.24, 2.45) is 0 Å². The highest BCUT2D eigenvalue weighted by atomic mass is 79.9. The molecule has 2 amide bonds. The zero-order valence-electron chi connectivity index (χ0n) is 22.0. The van der Waals surface area contributed by atoms with E-state index >= 15 is 0 Å². The molecule has 0 heterocycles. The lowest BCUT2D eigenvalue weighted by atomic mass is 10.0. The van der Waals surface area contributed by atoms with Crippen molar-refractivity contribution in [2.75, 3.05) is 23.7 Å². The van der Waals surface area contributed by atoms with Crippen LogP contribution in [0.4, 0.5) is 5.69 Å². The molecule has 0 spiro atoms. The summed E-state index contributed by atoms with van der Waals surface area (Å²) < 4.78 is 27.4. The summed E-state index contributed by atoms with van der Waals surface area (Å²) in [6.07, 6.45) is 3.04. The summed E-state index contributed by atoms with van der Waals surface area (Å²) in [5.41, 5.74) is 2.00. The monoisotopic (exact) mass is 633 g/mol. The van der Waals surface area contributed by atoms with Crippen LogP contribution in [0.25, 0.3) is 0 Å². The third-order valence-corrected chi connectivity index (χ3v) is 8.02. The van der Waals surface area contributed by atoms with Gasteiger partial charge in [-0.05, 0) is 53.9 Å². The van der Waals surface area contributed by atoms with Crippen LogP contribution in [-0.2, 0) is 32.6 Å². The van der Waals surface area contributed by atoms with Crippen molar-refractivity contribution in [3.63, 3.8) is 0 Å². The first-order valence-electron chi connectivity index (χ1n) is 12.7. The molecule has 1 atom stereocenters. The van der Waals surface area contributed by atoms with Crippen molar-refractivity contribution in [3.05, 3.63) is 99.5 Å². The molecule has 10 heteroatoms. The van der Waals surface area contributed by atoms with E-state index in [-0.39, 0.29) is 18.9 Å². The minimum Gasteiger partial charge on any atom is -0.354 e. The third kappa shape index (κ3) is 9.37. The number of hydrogen-bond donors (Lipinski definition) is 1. The number of nitrogens with zero attached hydrogens (tertiary/aromatic N) is 2. The molecular weight excluding hydrogens is 602 g/mol. The largest absolute Gasteiger partial charge is 0.354 e. The van der Waals surface area contributed by atoms with E-state index in [2.05, 4.69) is 21.2 Å². The molecule has 0 radical (unpaired) electrons. The summed E-state index contributed by atoms with van der Waals surface area (Å²) in [5.74, 6) is -0.782. The maximum atomic E-state index is 14.0. The Hall–Kier alpha value is -2.88. The van der Waals surface area contributed by atoms with Crippen LogP contribution in [0.2, 0.25) is 5.02 Å². The fourth-order valence-electron chi connectivity index (χ4n) is 4.11. The van der Waals surface area contributed by atoms with E-state index in [0.717, 1.165) is 39.0 Å². The molecule has 0 unspecified atom stereocenters. The highest BCUT2D eigenvalue weighted by molar-refractivity contribution is 9.10. The molecule has 0 aromatic heterocycles. The molecule has 0 aliphatic heterocycles. The van der Waals surface area contributed by atoms with Crippen molar-refractivity contribution in [3.8, 4) is 0 Å². The molecule has 0 saturated carbocycles. The summed E-state index contributed by atoms with van der Waals surface area (Å²) in [7, 11) is -3.83. The molecule has 3 aromatic carbocycles. The second kappa shape index (κ2) is 14.5. The molecule has 3 aromatic rings. The van der Waals surface area contributed by atoms with E-state index in [1.807, 2.05) is 61.5 Å². The van der Waals surface area contributed by atoms with Crippen molar-refractivity contribution in [1.29, 1.82) is 0 Å². The highest BCUT2D eigenvalue weighted by Crippen LogP contribution is 2.23. The van der Waals surface area contributed by atoms with Gasteiger partial charge < -0.3 is 10.2 Å². The molecule has 0 aliphatic carbocycles. The minimum atomic E-state index is -3.83. The highest BCUT2D eigenvalue weighted by Gasteiger charge is 2.33. The smallest absolute Gasteiger partial charge is 0.244 e. The van der Waals surface area contributed by atoms with Crippen LogP contribution in [0, 0.1) is 0 Å². The van der Waals surface area contributed by atoms with Crippen LogP contribution in [0.5, 0.6) is 0 Å². The molecule has 7 nitrogen and oxygen atoms in total. The molecular formula is C29H33BrClN3O4S. The second-order valence-electron chi connectivity index (χ2n) is 9.25. The average molecular weight is 635 g/mol. The number of carbonyl (C=O) groups excluding carboxylic acids is 2. The first kappa shape index (κ1) is 30.7. The molecule has 0 fully saturated rings. The molecule has 0 aliphatic rings. The van der Waals surface area contributed by atoms with Gasteiger partial charge in [0.1, 0.15) is 12.6 Å². The van der Waals surface area contributed by atoms with Gasteiger partial charge >= 0.3 is 0 Å². The van der Waals surface area contributed by atoms with Gasteiger partial charge in [0.2, 0.25) is 21.8 Å². The van der Waals surface area contributed by atoms with Gasteiger partial charge in [-0.3, -0.25) is 13.9 Å². The zero-order chi connectivity index (χ0) is 28.4. The van der Waals surface area contributed by atoms with E-state index in [9.17, 15) is 18.0 Å². The normalized spacial score (nSPS) is 12.0. The van der Waals surface area contributed by atoms with Crippen molar-refractivity contribution < 1.29 is 18.0 Å². The Balaban J connectivity index is 2.02. The molecule has 39 heavy (non-hydrogen) atoms. The Kier molecular flexibility index (Phi) is 11.4. The minimum absolute atomic E-state index is 0.120. The molecule has 0 bridgehead atoms. The third-order valence-electron chi connectivity index (χ3n) is 6.14. The topological polar surface area (TPSA) is 86.8 Å². The number of amides is 2. The first-order chi connectivity index (χ1) is 18.6. The summed E-state index contributed by atoms with van der Waals surface area (Å²) >= 11 is 9.48. The van der Waals surface area contributed by atoms with Gasteiger partial charge in [-0.15, -0.1) is 0 Å². The van der Waals surface area contributed by atoms with Crippen molar-refractivity contribution in [2.45, 2.75) is 38.8 Å². The number of sulfonamides is 1. The predicted molar refractivity (Wildman–Crippen MR) is 160 cm³/mol. The van der Waals surface area contributed by atoms with Crippen molar-refractivity contribution >= 4 is 55.1 Å². The average Bonchev–Trinajstić information content (AvgIpc) is 2.90. The van der Waals surface area contributed by atoms with E-state index in [1.165, 1.54) is 4.90 Å². The number of rotatable bonds is 13. The maximum Gasteiger partial charge on any atom is 0.244 e. The summed E-state index contributed by atoms with van der Waals surface area (Å²) in [6, 6.07) is 22.3. The summed E-state index contributed by atoms with van der Waals surface area (Å²) in [5, 5.41) is 3.42. The van der Waals surface area contributed by atoms with Crippen LogP contribution in [0.3, 0.4) is 0 Å². The van der Waals surface area contributed by atoms with E-state index in [4.69, 9.17) is 11.6 Å². The molecule has 1 N–H and O–H groups in total. The number of nitrogens with one attached hydrogen (secondary N) is 1. The summed E-state index contributed by atoms with van der Waals surface area (Å²) in [4.78, 5) is 29.0. The van der Waals surface area contributed by atoms with Gasteiger partial charge in [-0.2, -0.15) is 0 Å². The van der Waals surface area contributed by atoms with E-state index < -0.39 is 28.5 Å². The number of anilines is 1. The fraction of sp³-hybridized carbons (Fsp3) is 0.310. The molecule has 0 saturated heterocycles. The lowest BCUT2D eigenvalue weighted by molar-refractivity contribution is -0.140. The predicted octanol–water partition coefficient (Wildman–Crippen LogP) is 5.42. The van der Waals surface area contributed by atoms with Crippen LogP contribution in [0.15, 0.2) is 83.3 Å². The second-order valence-corrected chi connectivity index (χ2v) is 12.5. The van der Waals surface area contributed by atoms with Gasteiger partial charge in [0, 0.05) is 29.0 Å². The van der Waals surface area contributed by atoms with Crippen LogP contribution in [-0.4, -0.2) is 50.5 Å². The number of unbranched alkanes of at least 4 members (excludes halogenated alkanes) is 1. The maximum absolute atomic E-state index is 14.0. The van der Waals surface area contributed by atoms with Gasteiger partial charge in [-0.1, -0.05) is 83.3 Å². The summed E-state index contributed by atoms with van der Waals surface area (Å²) in [6.45, 7) is 2.17. The quantitative estimate of drug-likeness (QED) is 0.254. The van der Waals surface area contributed by atoms with Crippen molar-refractivity contribution in [1.82, 2.24) is 10.2 Å². The molecule has 3 rings (SSSR count). The Morgan fingerprint density at radius 2 is 1.64 bits per heavy atom. The number of halogens is 2. The zero-order valence-corrected chi connectivity index (χ0v) is 25.2. The lowest BCUT2D eigenvalue weighted by Gasteiger charge is -2.33. The number of benzene rings is 3. The van der Waals surface area contributed by atoms with Crippen LogP contribution >= 0.6 is 27.5 Å². The van der Waals surface area contributed by atoms with Gasteiger partial charge in [-0.25, -0.2) is 8.42 Å². The Morgan fingerprint density at radius 1 is 0.974 bits per heavy atom. The van der Waals surface area contributed by atoms with Gasteiger partial charge in [0.25, 0.3) is 0 Å². The molecule has 208 valence electrons. The standard InChI is InChI=1S/C29H33BrClN3O4S/c1-3-4-17-32-29(36)27(19-22-9-6-5-7-10-22)33(20-23-11-8-12-24(30)18-23)28(35)21-34(39(2,37)38)26-15-13-25(31)14-16-26/h5-16,18,27H,3-4,17,19-21H2,1-2H3,(H,32,36)/t27-/m0/s1. The van der Waals surface area contributed by atoms with E-state index in [0.29, 0.717) is 17.3 Å².